The summed E-state index contributed by atoms with van der Waals surface area (Å²) in [6.45, 7) is 25.6. The fourth-order valence-electron chi connectivity index (χ4n) is 17.1. The molecule has 680 valence electrons. The molecule has 0 atom stereocenters. The topological polar surface area (TPSA) is 255 Å². The molecule has 4 saturated carbocycles. The third kappa shape index (κ3) is 29.8. The van der Waals surface area contributed by atoms with Crippen molar-refractivity contribution in [1.29, 1.82) is 0 Å². The molecule has 1 aromatic heterocycles. The molecule has 4 heterocycles. The van der Waals surface area contributed by atoms with Gasteiger partial charge in [-0.05, 0) is 204 Å². The van der Waals surface area contributed by atoms with E-state index in [-0.39, 0.29) is 131 Å². The molecule has 5 N–H and O–H groups in total. The Morgan fingerprint density at radius 3 is 1.48 bits per heavy atom. The number of carboxylic acid groups (broad SMARTS) is 4. The van der Waals surface area contributed by atoms with Crippen LogP contribution < -0.4 is 91.6 Å². The van der Waals surface area contributed by atoms with Gasteiger partial charge in [-0.15, -0.1) is 0 Å². The molecule has 19 nitrogen and oxygen atoms in total. The van der Waals surface area contributed by atoms with E-state index in [0.717, 1.165) is 98.4 Å². The van der Waals surface area contributed by atoms with Crippen LogP contribution in [0.3, 0.4) is 0 Å². The van der Waals surface area contributed by atoms with Gasteiger partial charge < -0.3 is 117 Å². The molecule has 27 heteroatoms. The Hall–Kier alpha value is -5.86. The second-order valence-corrected chi connectivity index (χ2v) is 36.6. The van der Waals surface area contributed by atoms with E-state index in [0.29, 0.717) is 41.0 Å². The summed E-state index contributed by atoms with van der Waals surface area (Å²) >= 11 is 5.16. The summed E-state index contributed by atoms with van der Waals surface area (Å²) in [6, 6.07) is 36.7. The van der Waals surface area contributed by atoms with Crippen LogP contribution in [0.15, 0.2) is 146 Å². The molecular formula is C97H128BrFeI3N6O13RuS2. The second kappa shape index (κ2) is 53.3. The predicted molar refractivity (Wildman–Crippen MR) is 488 cm³/mol. The maximum absolute atomic E-state index is 11.9. The molecule has 0 amide bonds. The van der Waals surface area contributed by atoms with Gasteiger partial charge in [0, 0.05) is 134 Å². The first-order valence-electron chi connectivity index (χ1n) is 42.6. The van der Waals surface area contributed by atoms with Gasteiger partial charge in [-0.25, -0.2) is 27.6 Å². The number of aryl methyl sites for hydroxylation is 1. The number of thiazole rings is 1. The van der Waals surface area contributed by atoms with Crippen LogP contribution in [0.1, 0.15) is 272 Å². The molecule has 0 unspecified atom stereocenters. The van der Waals surface area contributed by atoms with E-state index in [1.165, 1.54) is 157 Å². The molecular weight excluding hydrogens is 2140 g/mol. The van der Waals surface area contributed by atoms with E-state index >= 15 is 0 Å². The Balaban J connectivity index is 0.000000400. The zero-order valence-corrected chi connectivity index (χ0v) is 86.9. The number of allylic oxidation sites excluding steroid dienone is 5. The molecule has 7 aliphatic rings. The van der Waals surface area contributed by atoms with Crippen molar-refractivity contribution in [3.8, 4) is 5.75 Å². The minimum absolute atomic E-state index is 0. The van der Waals surface area contributed by atoms with Crippen LogP contribution in [-0.2, 0) is 74.3 Å². The van der Waals surface area contributed by atoms with Crippen molar-refractivity contribution >= 4 is 135 Å². The SMILES string of the molecule is C1CCCC1.C1CCCC1.CCN(C)c1ccc(/C=C/C2=[N+](CC)c3ccc(O)c(C(=O)O)c3C2(C)C)cc1.CCN(CCCCBr)c1ccc(/C=C/C2=[N+](CC)c3c(C(=O)O)cccc3C2(C)C)cc1.CS(=O)(=O)O[O-].C[N+]1=C(/C=C/C2CCCC2)C(C)(C)c2cc(C(=O)O)ccc21.C[n+]1c(/C=C/C2CCCC2)sc2cc(C(=O)O)ccc21.[Fe].[I-].[I-].[I-].[Ru]. The Kier molecular flexibility index (Phi) is 48.3. The second-order valence-electron chi connectivity index (χ2n) is 33.2. The van der Waals surface area contributed by atoms with Crippen molar-refractivity contribution in [1.82, 2.24) is 0 Å². The van der Waals surface area contributed by atoms with E-state index in [1.54, 1.807) is 41.7 Å². The molecule has 124 heavy (non-hydrogen) atoms. The Morgan fingerprint density at radius 1 is 0.556 bits per heavy atom. The number of carbonyl (C=O) groups is 4. The third-order valence-corrected chi connectivity index (χ3v) is 26.0. The van der Waals surface area contributed by atoms with Gasteiger partial charge in [-0.1, -0.05) is 166 Å². The van der Waals surface area contributed by atoms with Crippen LogP contribution in [-0.4, -0.2) is 147 Å². The van der Waals surface area contributed by atoms with Gasteiger partial charge in [0.15, 0.2) is 17.1 Å². The molecule has 14 rings (SSSR count). The summed E-state index contributed by atoms with van der Waals surface area (Å²) in [5.41, 5.74) is 14.8. The van der Waals surface area contributed by atoms with Gasteiger partial charge in [-0.3, -0.25) is 0 Å². The van der Waals surface area contributed by atoms with Crippen LogP contribution in [0, 0.1) is 11.8 Å². The molecule has 0 saturated heterocycles. The van der Waals surface area contributed by atoms with Gasteiger partial charge in [0.25, 0.3) is 15.1 Å². The largest absolute Gasteiger partial charge is 1.00 e. The number of anilines is 2. The molecule has 0 bridgehead atoms. The van der Waals surface area contributed by atoms with Gasteiger partial charge in [0.1, 0.15) is 48.8 Å². The van der Waals surface area contributed by atoms with Crippen LogP contribution in [0.2, 0.25) is 0 Å². The van der Waals surface area contributed by atoms with Crippen molar-refractivity contribution < 1.29 is 189 Å². The monoisotopic (exact) mass is 2270 g/mol. The minimum Gasteiger partial charge on any atom is -1.00 e. The fourth-order valence-corrected chi connectivity index (χ4v) is 18.6. The quantitative estimate of drug-likeness (QED) is 0.00759. The average Bonchev–Trinajstić information content (AvgIpc) is 1.48. The number of aromatic nitrogens is 1. The van der Waals surface area contributed by atoms with Gasteiger partial charge >= 0.3 is 23.9 Å². The maximum atomic E-state index is 11.9. The molecule has 7 aromatic rings. The number of unbranched alkanes of at least 4 members (excludes halogenated alkanes) is 1. The molecule has 6 aromatic carbocycles. The summed E-state index contributed by atoms with van der Waals surface area (Å²) in [5.74, 6) is -2.49. The number of hydrogen-bond acceptors (Lipinski definition) is 12. The van der Waals surface area contributed by atoms with E-state index in [4.69, 9.17) is 10.4 Å². The number of nitrogens with zero attached hydrogens (tertiary/aromatic N) is 6. The van der Waals surface area contributed by atoms with Crippen molar-refractivity contribution in [3.63, 3.8) is 0 Å². The normalized spacial score (nSPS) is 16.2. The minimum atomic E-state index is -3.72. The number of benzene rings is 6. The zero-order valence-electron chi connectivity index (χ0n) is 74.3. The zero-order chi connectivity index (χ0) is 86.9. The number of hydrogen-bond donors (Lipinski definition) is 5. The average molecular weight is 2270 g/mol. The number of halogens is 4. The summed E-state index contributed by atoms with van der Waals surface area (Å²) in [7, 11) is 2.45. The first-order valence-corrected chi connectivity index (χ1v) is 46.3. The number of para-hydroxylation sites is 1. The van der Waals surface area contributed by atoms with Gasteiger partial charge in [0.2, 0.25) is 22.6 Å². The summed E-state index contributed by atoms with van der Waals surface area (Å²) in [4.78, 5) is 50.6. The van der Waals surface area contributed by atoms with Gasteiger partial charge in [0.05, 0.1) is 39.2 Å². The van der Waals surface area contributed by atoms with E-state index in [9.17, 15) is 48.0 Å². The molecule has 4 fully saturated rings. The third-order valence-electron chi connectivity index (χ3n) is 24.0. The van der Waals surface area contributed by atoms with Crippen LogP contribution in [0.4, 0.5) is 28.4 Å². The smallest absolute Gasteiger partial charge is 0.342 e. The number of rotatable bonds is 23. The Bertz CT molecular complexity index is 5020. The van der Waals surface area contributed by atoms with E-state index in [2.05, 4.69) is 214 Å². The Labute approximate surface area is 824 Å². The maximum Gasteiger partial charge on any atom is 0.342 e. The summed E-state index contributed by atoms with van der Waals surface area (Å²) < 4.78 is 31.2. The molecule has 4 aliphatic carbocycles. The van der Waals surface area contributed by atoms with Gasteiger partial charge in [-0.2, -0.15) is 18.3 Å². The van der Waals surface area contributed by atoms with E-state index < -0.39 is 39.4 Å². The van der Waals surface area contributed by atoms with Crippen molar-refractivity contribution in [3.05, 3.63) is 201 Å². The van der Waals surface area contributed by atoms with Crippen LogP contribution in [0.5, 0.6) is 5.75 Å². The standard InChI is InChI=1S/C27H33BrN2O2.C24H28N2O3.C19H23NO2.C16H17NO2S.2C5H10.CH4O4S.Fe.3HI.Ru/c1-5-29(19-8-7-18-28)21-15-12-20(13-16-21)14-17-24-27(3,4)23-11-9-10-22(26(31)32)25(23)30(24)6-2;1-6-25(5)17-11-8-16(9-12-17)10-15-20-24(3,4)22-18(26(20)7-2)13-14-19(27)21(22)23(28)29;1-19(2)15-12-14(18(21)22)9-10-16(15)20(3)17(19)11-8-13-6-4-5-7-13;1-17-13-8-7-12(16(18)19)10-14(13)20-15(17)9-6-11-4-2-3-5-11;2*1-2-4-5-3-1;1-6(3,4)5-2;;;;;/h9-17H,5-8,18-19H2,1-4H3;8-15H,6-7H2,1-5H3,(H-,27,28,29);8-13H,4-7H2,1-3H3;6-11H,2-5H2,1H3;2*1-5H2;2H,1H3;;3*1H;/b;;11-8+;9-6+;;;;;;;;. The Morgan fingerprint density at radius 2 is 1.02 bits per heavy atom. The number of aromatic carboxylic acids is 4. The van der Waals surface area contributed by atoms with Crippen LogP contribution >= 0.6 is 27.3 Å². The van der Waals surface area contributed by atoms with Crippen LogP contribution in [0.25, 0.3) is 28.4 Å². The molecule has 3 aliphatic heterocycles. The first kappa shape index (κ1) is 112. The van der Waals surface area contributed by atoms with E-state index in [1.807, 2.05) is 52.1 Å². The van der Waals surface area contributed by atoms with Crippen molar-refractivity contribution in [2.75, 3.05) is 68.2 Å². The predicted octanol–water partition coefficient (Wildman–Crippen LogP) is 12.1. The van der Waals surface area contributed by atoms with Crippen molar-refractivity contribution in [2.24, 2.45) is 18.9 Å². The number of phenols is 1. The number of carboxylic acids is 4. The molecule has 0 spiro atoms. The fraction of sp³-hybridized carbons (Fsp3) is 0.464. The number of aromatic hydroxyl groups is 1. The number of alkyl halides is 1. The summed E-state index contributed by atoms with van der Waals surface area (Å²) in [6.07, 6.45) is 46.1. The summed E-state index contributed by atoms with van der Waals surface area (Å²) in [5, 5.41) is 59.0. The number of fused-ring (bicyclic) bond motifs is 4. The molecule has 0 radical (unpaired) electrons. The van der Waals surface area contributed by atoms with Crippen molar-refractivity contribution in [2.45, 2.75) is 214 Å². The first-order chi connectivity index (χ1) is 56.7.